The van der Waals surface area contributed by atoms with Gasteiger partial charge in [0.1, 0.15) is 0 Å². The molecule has 1 rings (SSSR count). The van der Waals surface area contributed by atoms with Gasteiger partial charge in [0.25, 0.3) is 0 Å². The highest BCUT2D eigenvalue weighted by atomic mass is 16.5. The number of nitrogens with one attached hydrogen (secondary N) is 2. The van der Waals surface area contributed by atoms with Crippen molar-refractivity contribution in [3.8, 4) is 11.5 Å². The number of carbonyl (C=O) groups is 1. The SMILES string of the molecule is CCOC(=O)CCCNC(=NC)NCCc1ccc(OC)c(OC)c1. The molecule has 0 saturated heterocycles. The third-order valence-electron chi connectivity index (χ3n) is 3.53. The van der Waals surface area contributed by atoms with E-state index in [-0.39, 0.29) is 5.97 Å². The summed E-state index contributed by atoms with van der Waals surface area (Å²) >= 11 is 0. The van der Waals surface area contributed by atoms with Gasteiger partial charge in [0.05, 0.1) is 20.8 Å². The van der Waals surface area contributed by atoms with Crippen LogP contribution in [0.1, 0.15) is 25.3 Å². The summed E-state index contributed by atoms with van der Waals surface area (Å²) in [5.41, 5.74) is 1.14. The Morgan fingerprint density at radius 1 is 1.12 bits per heavy atom. The summed E-state index contributed by atoms with van der Waals surface area (Å²) in [6.45, 7) is 3.62. The summed E-state index contributed by atoms with van der Waals surface area (Å²) in [7, 11) is 4.97. The zero-order chi connectivity index (χ0) is 18.5. The number of ether oxygens (including phenoxy) is 3. The van der Waals surface area contributed by atoms with Crippen LogP contribution in [0.2, 0.25) is 0 Å². The fourth-order valence-corrected chi connectivity index (χ4v) is 2.25. The Hall–Kier alpha value is -2.44. The van der Waals surface area contributed by atoms with Crippen LogP contribution in [0.15, 0.2) is 23.2 Å². The van der Waals surface area contributed by atoms with Crippen LogP contribution in [0.5, 0.6) is 11.5 Å². The first-order valence-corrected chi connectivity index (χ1v) is 8.45. The topological polar surface area (TPSA) is 81.2 Å². The van der Waals surface area contributed by atoms with Crippen molar-refractivity contribution in [3.05, 3.63) is 23.8 Å². The molecule has 0 fully saturated rings. The van der Waals surface area contributed by atoms with Gasteiger partial charge in [0.2, 0.25) is 0 Å². The van der Waals surface area contributed by atoms with Crippen LogP contribution in [-0.2, 0) is 16.0 Å². The predicted molar refractivity (Wildman–Crippen MR) is 98.5 cm³/mol. The summed E-state index contributed by atoms with van der Waals surface area (Å²) in [6.07, 6.45) is 1.93. The molecule has 0 radical (unpaired) electrons. The molecule has 0 bridgehead atoms. The van der Waals surface area contributed by atoms with Crippen molar-refractivity contribution in [2.45, 2.75) is 26.2 Å². The lowest BCUT2D eigenvalue weighted by Gasteiger charge is -2.13. The summed E-state index contributed by atoms with van der Waals surface area (Å²) < 4.78 is 15.4. The number of methoxy groups -OCH3 is 2. The van der Waals surface area contributed by atoms with Crippen molar-refractivity contribution >= 4 is 11.9 Å². The second kappa shape index (κ2) is 12.0. The van der Waals surface area contributed by atoms with E-state index in [1.165, 1.54) is 0 Å². The highest BCUT2D eigenvalue weighted by molar-refractivity contribution is 5.79. The molecule has 0 aliphatic carbocycles. The van der Waals surface area contributed by atoms with Gasteiger partial charge < -0.3 is 24.8 Å². The molecule has 0 heterocycles. The summed E-state index contributed by atoms with van der Waals surface area (Å²) in [5.74, 6) is 1.99. The molecule has 140 valence electrons. The maximum Gasteiger partial charge on any atom is 0.305 e. The molecule has 0 spiro atoms. The van der Waals surface area contributed by atoms with Crippen LogP contribution in [0.3, 0.4) is 0 Å². The number of guanidine groups is 1. The van der Waals surface area contributed by atoms with E-state index in [2.05, 4.69) is 15.6 Å². The molecule has 0 saturated carbocycles. The molecular weight excluding hydrogens is 322 g/mol. The fraction of sp³-hybridized carbons (Fsp3) is 0.556. The number of rotatable bonds is 10. The number of aliphatic imine (C=N–C) groups is 1. The van der Waals surface area contributed by atoms with E-state index in [4.69, 9.17) is 14.2 Å². The molecule has 0 aromatic heterocycles. The molecule has 0 unspecified atom stereocenters. The number of esters is 1. The number of carbonyl (C=O) groups excluding carboxylic acids is 1. The van der Waals surface area contributed by atoms with Crippen molar-refractivity contribution in [2.75, 3.05) is 41.0 Å². The van der Waals surface area contributed by atoms with Crippen LogP contribution >= 0.6 is 0 Å². The summed E-state index contributed by atoms with van der Waals surface area (Å²) in [5, 5.41) is 6.43. The van der Waals surface area contributed by atoms with Crippen molar-refractivity contribution in [1.82, 2.24) is 10.6 Å². The van der Waals surface area contributed by atoms with Crippen LogP contribution in [0.25, 0.3) is 0 Å². The normalized spacial score (nSPS) is 11.0. The Morgan fingerprint density at radius 3 is 2.48 bits per heavy atom. The van der Waals surface area contributed by atoms with E-state index in [0.717, 1.165) is 30.0 Å². The van der Waals surface area contributed by atoms with E-state index in [1.807, 2.05) is 18.2 Å². The number of hydrogen-bond donors (Lipinski definition) is 2. The molecule has 25 heavy (non-hydrogen) atoms. The van der Waals surface area contributed by atoms with Crippen molar-refractivity contribution in [3.63, 3.8) is 0 Å². The van der Waals surface area contributed by atoms with E-state index in [0.29, 0.717) is 32.0 Å². The highest BCUT2D eigenvalue weighted by Gasteiger charge is 2.05. The Labute approximate surface area is 149 Å². The van der Waals surface area contributed by atoms with E-state index < -0.39 is 0 Å². The third-order valence-corrected chi connectivity index (χ3v) is 3.53. The molecule has 7 nitrogen and oxygen atoms in total. The lowest BCUT2D eigenvalue weighted by atomic mass is 10.1. The molecule has 0 aliphatic heterocycles. The maximum atomic E-state index is 11.3. The summed E-state index contributed by atoms with van der Waals surface area (Å²) in [6, 6.07) is 5.88. The van der Waals surface area contributed by atoms with Crippen molar-refractivity contribution in [2.24, 2.45) is 4.99 Å². The van der Waals surface area contributed by atoms with Gasteiger partial charge in [0, 0.05) is 26.6 Å². The van der Waals surface area contributed by atoms with Gasteiger partial charge in [0.15, 0.2) is 17.5 Å². The summed E-state index contributed by atoms with van der Waals surface area (Å²) in [4.78, 5) is 15.4. The average molecular weight is 351 g/mol. The lowest BCUT2D eigenvalue weighted by molar-refractivity contribution is -0.143. The van der Waals surface area contributed by atoms with Gasteiger partial charge in [-0.15, -0.1) is 0 Å². The Balaban J connectivity index is 2.32. The first-order valence-electron chi connectivity index (χ1n) is 8.45. The minimum absolute atomic E-state index is 0.166. The standard InChI is InChI=1S/C18H29N3O4/c1-5-25-17(22)7-6-11-20-18(19-2)21-12-10-14-8-9-15(23-3)16(13-14)24-4/h8-9,13H,5-7,10-12H2,1-4H3,(H2,19,20,21). The largest absolute Gasteiger partial charge is 0.493 e. The predicted octanol–water partition coefficient (Wildman–Crippen LogP) is 1.75. The van der Waals surface area contributed by atoms with Gasteiger partial charge >= 0.3 is 5.97 Å². The van der Waals surface area contributed by atoms with Gasteiger partial charge in [-0.25, -0.2) is 0 Å². The smallest absolute Gasteiger partial charge is 0.305 e. The minimum Gasteiger partial charge on any atom is -0.493 e. The first-order chi connectivity index (χ1) is 12.1. The zero-order valence-corrected chi connectivity index (χ0v) is 15.6. The van der Waals surface area contributed by atoms with Crippen molar-refractivity contribution < 1.29 is 19.0 Å². The maximum absolute atomic E-state index is 11.3. The van der Waals surface area contributed by atoms with Gasteiger partial charge in [-0.1, -0.05) is 6.07 Å². The van der Waals surface area contributed by atoms with Crippen LogP contribution in [0, 0.1) is 0 Å². The molecule has 0 atom stereocenters. The second-order valence-corrected chi connectivity index (χ2v) is 5.27. The second-order valence-electron chi connectivity index (χ2n) is 5.27. The number of nitrogens with zero attached hydrogens (tertiary/aromatic N) is 1. The Kier molecular flexibility index (Phi) is 9.89. The molecule has 7 heteroatoms. The molecule has 0 aliphatic rings. The third kappa shape index (κ3) is 7.78. The Morgan fingerprint density at radius 2 is 1.84 bits per heavy atom. The molecule has 0 amide bonds. The zero-order valence-electron chi connectivity index (χ0n) is 15.6. The van der Waals surface area contributed by atoms with Crippen molar-refractivity contribution in [1.29, 1.82) is 0 Å². The fourth-order valence-electron chi connectivity index (χ4n) is 2.25. The molecule has 1 aromatic carbocycles. The number of hydrogen-bond acceptors (Lipinski definition) is 5. The van der Waals surface area contributed by atoms with Gasteiger partial charge in [-0.05, 0) is 37.5 Å². The van der Waals surface area contributed by atoms with Gasteiger partial charge in [-0.3, -0.25) is 9.79 Å². The van der Waals surface area contributed by atoms with E-state index >= 15 is 0 Å². The van der Waals surface area contributed by atoms with E-state index in [9.17, 15) is 4.79 Å². The Bertz CT molecular complexity index is 561. The van der Waals surface area contributed by atoms with Crippen LogP contribution < -0.4 is 20.1 Å². The molecule has 1 aromatic rings. The van der Waals surface area contributed by atoms with Gasteiger partial charge in [-0.2, -0.15) is 0 Å². The van der Waals surface area contributed by atoms with Crippen LogP contribution in [-0.4, -0.2) is 52.9 Å². The van der Waals surface area contributed by atoms with E-state index in [1.54, 1.807) is 28.2 Å². The quantitative estimate of drug-likeness (QED) is 0.289. The first kappa shape index (κ1) is 20.6. The highest BCUT2D eigenvalue weighted by Crippen LogP contribution is 2.27. The van der Waals surface area contributed by atoms with Crippen LogP contribution in [0.4, 0.5) is 0 Å². The molecule has 2 N–H and O–H groups in total. The average Bonchev–Trinajstić information content (AvgIpc) is 2.63. The monoisotopic (exact) mass is 351 g/mol. The molecular formula is C18H29N3O4. The minimum atomic E-state index is -0.166. The lowest BCUT2D eigenvalue weighted by Crippen LogP contribution is -2.38. The number of benzene rings is 1.